The summed E-state index contributed by atoms with van der Waals surface area (Å²) in [5.74, 6) is -1.66. The van der Waals surface area contributed by atoms with Gasteiger partial charge in [-0.15, -0.1) is 0 Å². The minimum atomic E-state index is -0.850. The molecule has 0 aliphatic heterocycles. The number of methoxy groups -OCH3 is 2. The number of carboxylic acids is 1. The van der Waals surface area contributed by atoms with Crippen LogP contribution >= 0.6 is 0 Å². The van der Waals surface area contributed by atoms with E-state index in [-0.39, 0.29) is 6.42 Å². The van der Waals surface area contributed by atoms with Crippen molar-refractivity contribution in [2.45, 2.75) is 25.0 Å². The second-order valence-electron chi connectivity index (χ2n) is 3.77. The summed E-state index contributed by atoms with van der Waals surface area (Å²) in [5, 5.41) is 8.64. The van der Waals surface area contributed by atoms with Crippen LogP contribution in [-0.4, -0.2) is 25.3 Å². The summed E-state index contributed by atoms with van der Waals surface area (Å²) in [6.07, 6.45) is 1.13. The van der Waals surface area contributed by atoms with E-state index in [1.165, 1.54) is 0 Å². The maximum absolute atomic E-state index is 10.5. The summed E-state index contributed by atoms with van der Waals surface area (Å²) in [4.78, 5) is 10.5. The zero-order valence-corrected chi connectivity index (χ0v) is 10.2. The molecule has 0 radical (unpaired) electrons. The zero-order valence-electron chi connectivity index (χ0n) is 10.2. The summed E-state index contributed by atoms with van der Waals surface area (Å²) < 4.78 is 10.9. The van der Waals surface area contributed by atoms with Crippen molar-refractivity contribution in [2.75, 3.05) is 14.2 Å². The Bertz CT molecular complexity index is 344. The van der Waals surface area contributed by atoms with Crippen LogP contribution in [0.3, 0.4) is 0 Å². The number of rotatable bonds is 7. The minimum absolute atomic E-state index is 0.112. The molecule has 0 heterocycles. The Balaban J connectivity index is 2.78. The van der Waals surface area contributed by atoms with E-state index in [9.17, 15) is 4.79 Å². The van der Waals surface area contributed by atoms with Crippen LogP contribution in [0.2, 0.25) is 0 Å². The molecule has 0 aromatic heterocycles. The molecule has 1 aromatic rings. The van der Waals surface area contributed by atoms with Gasteiger partial charge in [-0.3, -0.25) is 4.79 Å². The Morgan fingerprint density at radius 2 is 1.82 bits per heavy atom. The zero-order chi connectivity index (χ0) is 12.7. The molecule has 0 aliphatic rings. The van der Waals surface area contributed by atoms with Crippen molar-refractivity contribution in [2.24, 2.45) is 0 Å². The van der Waals surface area contributed by atoms with Crippen LogP contribution in [0, 0.1) is 0 Å². The van der Waals surface area contributed by atoms with E-state index in [1.54, 1.807) is 14.2 Å². The van der Waals surface area contributed by atoms with Gasteiger partial charge >= 0.3 is 5.97 Å². The van der Waals surface area contributed by atoms with Gasteiger partial charge < -0.3 is 14.6 Å². The molecular weight excluding hydrogens is 220 g/mol. The van der Waals surface area contributed by atoms with Crippen molar-refractivity contribution in [3.05, 3.63) is 35.9 Å². The quantitative estimate of drug-likeness (QED) is 0.741. The Morgan fingerprint density at radius 3 is 2.29 bits per heavy atom. The van der Waals surface area contributed by atoms with Crippen molar-refractivity contribution < 1.29 is 19.4 Å². The normalized spacial score (nSPS) is 11.4. The Hall–Kier alpha value is -1.39. The van der Waals surface area contributed by atoms with Gasteiger partial charge in [0.25, 0.3) is 0 Å². The van der Waals surface area contributed by atoms with Crippen LogP contribution in [0.5, 0.6) is 0 Å². The van der Waals surface area contributed by atoms with Crippen LogP contribution in [0.4, 0.5) is 0 Å². The van der Waals surface area contributed by atoms with E-state index in [2.05, 4.69) is 0 Å². The van der Waals surface area contributed by atoms with Gasteiger partial charge in [-0.2, -0.15) is 0 Å². The molecule has 0 spiro atoms. The van der Waals surface area contributed by atoms with Crippen molar-refractivity contribution in [3.63, 3.8) is 0 Å². The van der Waals surface area contributed by atoms with Gasteiger partial charge in [0.15, 0.2) is 5.79 Å². The topological polar surface area (TPSA) is 55.8 Å². The fourth-order valence-electron chi connectivity index (χ4n) is 1.83. The van der Waals surface area contributed by atoms with E-state index in [4.69, 9.17) is 14.6 Å². The molecule has 0 atom stereocenters. The maximum Gasteiger partial charge on any atom is 0.303 e. The highest BCUT2D eigenvalue weighted by Gasteiger charge is 2.31. The number of carboxylic acid groups (broad SMARTS) is 1. The number of aliphatic carboxylic acids is 1. The third-order valence-corrected chi connectivity index (χ3v) is 2.77. The SMILES string of the molecule is COC(CCCC(=O)O)(OC)c1ccccc1. The first-order valence-electron chi connectivity index (χ1n) is 5.52. The highest BCUT2D eigenvalue weighted by atomic mass is 16.7. The molecule has 94 valence electrons. The van der Waals surface area contributed by atoms with Gasteiger partial charge in [0.1, 0.15) is 0 Å². The molecule has 17 heavy (non-hydrogen) atoms. The van der Waals surface area contributed by atoms with Gasteiger partial charge in [0.2, 0.25) is 0 Å². The lowest BCUT2D eigenvalue weighted by Crippen LogP contribution is -2.30. The number of hydrogen-bond donors (Lipinski definition) is 1. The van der Waals surface area contributed by atoms with Gasteiger partial charge in [0, 0.05) is 32.6 Å². The maximum atomic E-state index is 10.5. The van der Waals surface area contributed by atoms with Gasteiger partial charge in [-0.05, 0) is 6.42 Å². The average molecular weight is 238 g/mol. The lowest BCUT2D eigenvalue weighted by molar-refractivity contribution is -0.221. The molecule has 0 saturated heterocycles. The van der Waals surface area contributed by atoms with Gasteiger partial charge in [-0.25, -0.2) is 0 Å². The van der Waals surface area contributed by atoms with Crippen molar-refractivity contribution in [3.8, 4) is 0 Å². The Morgan fingerprint density at radius 1 is 1.24 bits per heavy atom. The average Bonchev–Trinajstić information content (AvgIpc) is 2.36. The number of carbonyl (C=O) groups is 1. The fraction of sp³-hybridized carbons (Fsp3) is 0.462. The first kappa shape index (κ1) is 13.7. The molecule has 0 aliphatic carbocycles. The number of ether oxygens (including phenoxy) is 2. The first-order valence-corrected chi connectivity index (χ1v) is 5.52. The van der Waals surface area contributed by atoms with Gasteiger partial charge in [0.05, 0.1) is 0 Å². The predicted octanol–water partition coefficient (Wildman–Crippen LogP) is 2.39. The largest absolute Gasteiger partial charge is 0.481 e. The predicted molar refractivity (Wildman–Crippen MR) is 63.6 cm³/mol. The molecule has 0 amide bonds. The molecular formula is C13H18O4. The molecule has 1 N–H and O–H groups in total. The summed E-state index contributed by atoms with van der Waals surface area (Å²) in [7, 11) is 3.13. The van der Waals surface area contributed by atoms with Crippen LogP contribution in [0.15, 0.2) is 30.3 Å². The monoisotopic (exact) mass is 238 g/mol. The van der Waals surface area contributed by atoms with E-state index in [0.717, 1.165) is 5.56 Å². The molecule has 0 saturated carbocycles. The molecule has 4 nitrogen and oxygen atoms in total. The van der Waals surface area contributed by atoms with E-state index in [0.29, 0.717) is 12.8 Å². The second kappa shape index (κ2) is 6.37. The van der Waals surface area contributed by atoms with Crippen LogP contribution in [0.25, 0.3) is 0 Å². The minimum Gasteiger partial charge on any atom is -0.481 e. The standard InChI is InChI=1S/C13H18O4/c1-16-13(17-2,10-6-9-12(14)15)11-7-4-3-5-8-11/h3-5,7-8H,6,9-10H2,1-2H3,(H,14,15). The lowest BCUT2D eigenvalue weighted by atomic mass is 9.99. The summed E-state index contributed by atoms with van der Waals surface area (Å²) in [6.45, 7) is 0. The van der Waals surface area contributed by atoms with Crippen LogP contribution in [0.1, 0.15) is 24.8 Å². The number of benzene rings is 1. The molecule has 0 bridgehead atoms. The van der Waals surface area contributed by atoms with Crippen molar-refractivity contribution in [1.29, 1.82) is 0 Å². The van der Waals surface area contributed by atoms with Crippen LogP contribution < -0.4 is 0 Å². The van der Waals surface area contributed by atoms with E-state index < -0.39 is 11.8 Å². The van der Waals surface area contributed by atoms with Crippen molar-refractivity contribution >= 4 is 5.97 Å². The molecule has 1 aromatic carbocycles. The van der Waals surface area contributed by atoms with Crippen LogP contribution in [-0.2, 0) is 20.1 Å². The second-order valence-corrected chi connectivity index (χ2v) is 3.77. The van der Waals surface area contributed by atoms with E-state index in [1.807, 2.05) is 30.3 Å². The Labute approximate surface area is 101 Å². The van der Waals surface area contributed by atoms with Gasteiger partial charge in [-0.1, -0.05) is 30.3 Å². The lowest BCUT2D eigenvalue weighted by Gasteiger charge is -2.31. The molecule has 1 rings (SSSR count). The Kier molecular flexibility index (Phi) is 5.12. The highest BCUT2D eigenvalue weighted by molar-refractivity contribution is 5.66. The third kappa shape index (κ3) is 3.54. The first-order chi connectivity index (χ1) is 8.14. The fourth-order valence-corrected chi connectivity index (χ4v) is 1.83. The summed E-state index contributed by atoms with van der Waals surface area (Å²) in [6, 6.07) is 9.54. The molecule has 4 heteroatoms. The smallest absolute Gasteiger partial charge is 0.303 e. The molecule has 0 fully saturated rings. The summed E-state index contributed by atoms with van der Waals surface area (Å²) >= 11 is 0. The highest BCUT2D eigenvalue weighted by Crippen LogP contribution is 2.31. The summed E-state index contributed by atoms with van der Waals surface area (Å²) in [5.41, 5.74) is 0.899. The molecule has 0 unspecified atom stereocenters. The third-order valence-electron chi connectivity index (χ3n) is 2.77. The number of hydrogen-bond acceptors (Lipinski definition) is 3. The van der Waals surface area contributed by atoms with E-state index >= 15 is 0 Å². The van der Waals surface area contributed by atoms with Crippen molar-refractivity contribution in [1.82, 2.24) is 0 Å².